The Hall–Kier alpha value is -3.02. The molecule has 1 amide bonds. The van der Waals surface area contributed by atoms with E-state index >= 15 is 0 Å². The third kappa shape index (κ3) is 3.64. The number of likely N-dealkylation sites (tertiary alicyclic amines) is 1. The Balaban J connectivity index is 1.45. The molecule has 1 saturated heterocycles. The van der Waals surface area contributed by atoms with Crippen molar-refractivity contribution in [2.75, 3.05) is 6.54 Å². The molecule has 132 valence electrons. The maximum Gasteiger partial charge on any atom is 0.276 e. The zero-order valence-electron chi connectivity index (χ0n) is 14.5. The lowest BCUT2D eigenvalue weighted by molar-refractivity contribution is 0.0730. The molecular formula is C20H21N5O. The third-order valence-corrected chi connectivity index (χ3v) is 4.78. The number of amides is 1. The summed E-state index contributed by atoms with van der Waals surface area (Å²) in [5, 5.41) is 8.23. The Labute approximate surface area is 152 Å². The van der Waals surface area contributed by atoms with E-state index < -0.39 is 0 Å². The number of nitrogens with zero attached hydrogens (tertiary/aromatic N) is 5. The average molecular weight is 347 g/mol. The molecule has 0 N–H and O–H groups in total. The van der Waals surface area contributed by atoms with Crippen LogP contribution >= 0.6 is 0 Å². The average Bonchev–Trinajstić information content (AvgIpc) is 3.33. The minimum absolute atomic E-state index is 0.0318. The summed E-state index contributed by atoms with van der Waals surface area (Å²) in [5.74, 6) is -0.0318. The summed E-state index contributed by atoms with van der Waals surface area (Å²) in [6, 6.07) is 14.2. The second-order valence-electron chi connectivity index (χ2n) is 6.65. The summed E-state index contributed by atoms with van der Waals surface area (Å²) < 4.78 is 1.72. The predicted octanol–water partition coefficient (Wildman–Crippen LogP) is 2.57. The smallest absolute Gasteiger partial charge is 0.276 e. The van der Waals surface area contributed by atoms with Crippen molar-refractivity contribution in [1.82, 2.24) is 24.9 Å². The van der Waals surface area contributed by atoms with Crippen LogP contribution in [0, 0.1) is 0 Å². The molecule has 1 fully saturated rings. The van der Waals surface area contributed by atoms with Gasteiger partial charge in [0.1, 0.15) is 0 Å². The molecule has 1 atom stereocenters. The molecule has 26 heavy (non-hydrogen) atoms. The van der Waals surface area contributed by atoms with Crippen molar-refractivity contribution < 1.29 is 4.79 Å². The van der Waals surface area contributed by atoms with Gasteiger partial charge in [0.25, 0.3) is 5.91 Å². The number of carbonyl (C=O) groups is 1. The molecule has 0 radical (unpaired) electrons. The Morgan fingerprint density at radius 2 is 1.96 bits per heavy atom. The van der Waals surface area contributed by atoms with Gasteiger partial charge in [0.15, 0.2) is 5.69 Å². The fourth-order valence-corrected chi connectivity index (χ4v) is 3.50. The largest absolute Gasteiger partial charge is 0.334 e. The zero-order chi connectivity index (χ0) is 17.8. The molecule has 6 heteroatoms. The normalized spacial score (nSPS) is 16.8. The van der Waals surface area contributed by atoms with E-state index in [1.165, 1.54) is 0 Å². The maximum absolute atomic E-state index is 12.9. The van der Waals surface area contributed by atoms with Crippen LogP contribution in [0.15, 0.2) is 61.1 Å². The molecule has 0 aliphatic carbocycles. The van der Waals surface area contributed by atoms with Gasteiger partial charge in [0, 0.05) is 25.0 Å². The summed E-state index contributed by atoms with van der Waals surface area (Å²) in [7, 11) is 0. The molecule has 1 aromatic carbocycles. The van der Waals surface area contributed by atoms with E-state index in [0.717, 1.165) is 36.9 Å². The zero-order valence-corrected chi connectivity index (χ0v) is 14.5. The fourth-order valence-electron chi connectivity index (χ4n) is 3.50. The number of aromatic nitrogens is 4. The first-order chi connectivity index (χ1) is 12.8. The Morgan fingerprint density at radius 1 is 1.12 bits per heavy atom. The number of hydrogen-bond acceptors (Lipinski definition) is 4. The minimum atomic E-state index is -0.0318. The van der Waals surface area contributed by atoms with Gasteiger partial charge in [-0.1, -0.05) is 41.6 Å². The van der Waals surface area contributed by atoms with Crippen molar-refractivity contribution in [2.45, 2.75) is 31.8 Å². The summed E-state index contributed by atoms with van der Waals surface area (Å²) >= 11 is 0. The van der Waals surface area contributed by atoms with Crippen LogP contribution in [-0.2, 0) is 13.0 Å². The second-order valence-corrected chi connectivity index (χ2v) is 6.65. The number of carbonyl (C=O) groups excluding carboxylic acids is 1. The van der Waals surface area contributed by atoms with Gasteiger partial charge in [-0.2, -0.15) is 0 Å². The van der Waals surface area contributed by atoms with Crippen LogP contribution in [0.4, 0.5) is 0 Å². The van der Waals surface area contributed by atoms with Crippen LogP contribution < -0.4 is 0 Å². The highest BCUT2D eigenvalue weighted by Crippen LogP contribution is 2.22. The lowest BCUT2D eigenvalue weighted by atomic mass is 10.1. The molecule has 1 aliphatic heterocycles. The highest BCUT2D eigenvalue weighted by atomic mass is 16.2. The maximum atomic E-state index is 12.9. The van der Waals surface area contributed by atoms with Crippen LogP contribution in [0.3, 0.4) is 0 Å². The first-order valence-electron chi connectivity index (χ1n) is 8.93. The van der Waals surface area contributed by atoms with E-state index in [2.05, 4.69) is 21.4 Å². The van der Waals surface area contributed by atoms with Crippen LogP contribution in [0.25, 0.3) is 0 Å². The van der Waals surface area contributed by atoms with E-state index in [-0.39, 0.29) is 11.9 Å². The summed E-state index contributed by atoms with van der Waals surface area (Å²) in [4.78, 5) is 19.0. The fraction of sp³-hybridized carbons (Fsp3) is 0.300. The lowest BCUT2D eigenvalue weighted by Gasteiger charge is -2.23. The highest BCUT2D eigenvalue weighted by molar-refractivity contribution is 5.92. The van der Waals surface area contributed by atoms with E-state index in [4.69, 9.17) is 0 Å². The predicted molar refractivity (Wildman–Crippen MR) is 97.6 cm³/mol. The SMILES string of the molecule is O=C(c1cn(Cc2ccccc2)nn1)N1CCCC1Cc1cccnc1. The van der Waals surface area contributed by atoms with Gasteiger partial charge in [-0.3, -0.25) is 9.78 Å². The van der Waals surface area contributed by atoms with Crippen LogP contribution in [0.5, 0.6) is 0 Å². The van der Waals surface area contributed by atoms with Gasteiger partial charge < -0.3 is 4.90 Å². The molecular weight excluding hydrogens is 326 g/mol. The van der Waals surface area contributed by atoms with Gasteiger partial charge in [0.05, 0.1) is 12.7 Å². The third-order valence-electron chi connectivity index (χ3n) is 4.78. The minimum Gasteiger partial charge on any atom is -0.334 e. The van der Waals surface area contributed by atoms with Gasteiger partial charge in [-0.05, 0) is 36.5 Å². The van der Waals surface area contributed by atoms with Gasteiger partial charge in [0.2, 0.25) is 0 Å². The topological polar surface area (TPSA) is 63.9 Å². The Bertz CT molecular complexity index is 862. The van der Waals surface area contributed by atoms with Crippen molar-refractivity contribution in [1.29, 1.82) is 0 Å². The Kier molecular flexibility index (Phi) is 4.73. The van der Waals surface area contributed by atoms with Crippen molar-refractivity contribution in [3.05, 3.63) is 77.9 Å². The molecule has 1 aliphatic rings. The van der Waals surface area contributed by atoms with Gasteiger partial charge >= 0.3 is 0 Å². The van der Waals surface area contributed by atoms with Crippen LogP contribution in [0.2, 0.25) is 0 Å². The van der Waals surface area contributed by atoms with Crippen LogP contribution in [0.1, 0.15) is 34.5 Å². The standard InChI is InChI=1S/C20H21N5O/c26-20(19-15-24(23-22-19)14-16-6-2-1-3-7-16)25-11-5-9-18(25)12-17-8-4-10-21-13-17/h1-4,6-8,10,13,15,18H,5,9,11-12,14H2. The van der Waals surface area contributed by atoms with E-state index in [1.807, 2.05) is 47.5 Å². The number of pyridine rings is 1. The highest BCUT2D eigenvalue weighted by Gasteiger charge is 2.30. The van der Waals surface area contributed by atoms with Gasteiger partial charge in [-0.25, -0.2) is 4.68 Å². The molecule has 0 bridgehead atoms. The molecule has 3 heterocycles. The molecule has 2 aromatic heterocycles. The van der Waals surface area contributed by atoms with Crippen molar-refractivity contribution >= 4 is 5.91 Å². The quantitative estimate of drug-likeness (QED) is 0.712. The summed E-state index contributed by atoms with van der Waals surface area (Å²) in [6.45, 7) is 1.38. The molecule has 3 aromatic rings. The molecule has 0 saturated carbocycles. The van der Waals surface area contributed by atoms with Crippen molar-refractivity contribution in [3.63, 3.8) is 0 Å². The van der Waals surface area contributed by atoms with E-state index in [9.17, 15) is 4.79 Å². The van der Waals surface area contributed by atoms with Crippen molar-refractivity contribution in [3.8, 4) is 0 Å². The second kappa shape index (κ2) is 7.47. The Morgan fingerprint density at radius 3 is 2.77 bits per heavy atom. The number of benzene rings is 1. The summed E-state index contributed by atoms with van der Waals surface area (Å²) in [5.41, 5.74) is 2.70. The van der Waals surface area contributed by atoms with Gasteiger partial charge in [-0.15, -0.1) is 5.10 Å². The van der Waals surface area contributed by atoms with Crippen molar-refractivity contribution in [2.24, 2.45) is 0 Å². The summed E-state index contributed by atoms with van der Waals surface area (Å²) in [6.07, 6.45) is 8.25. The number of rotatable bonds is 5. The number of hydrogen-bond donors (Lipinski definition) is 0. The first kappa shape index (κ1) is 16.4. The first-order valence-corrected chi connectivity index (χ1v) is 8.93. The lowest BCUT2D eigenvalue weighted by Crippen LogP contribution is -2.37. The molecule has 4 rings (SSSR count). The monoisotopic (exact) mass is 347 g/mol. The molecule has 6 nitrogen and oxygen atoms in total. The van der Waals surface area contributed by atoms with Crippen LogP contribution in [-0.4, -0.2) is 43.4 Å². The molecule has 1 unspecified atom stereocenters. The molecule has 0 spiro atoms. The van der Waals surface area contributed by atoms with E-state index in [1.54, 1.807) is 17.1 Å². The van der Waals surface area contributed by atoms with E-state index in [0.29, 0.717) is 12.2 Å².